The fourth-order valence-corrected chi connectivity index (χ4v) is 7.64. The van der Waals surface area contributed by atoms with Crippen LogP contribution in [0.15, 0.2) is 30.1 Å². The van der Waals surface area contributed by atoms with Gasteiger partial charge in [-0.3, -0.25) is 23.0 Å². The van der Waals surface area contributed by atoms with Gasteiger partial charge >= 0.3 is 17.1 Å². The molecular weight excluding hydrogens is 657 g/mol. The highest BCUT2D eigenvalue weighted by atomic mass is 32.7. The highest BCUT2D eigenvalue weighted by molar-refractivity contribution is 8.44. The van der Waals surface area contributed by atoms with Crippen LogP contribution in [0.2, 0.25) is 0 Å². The molecule has 9 atom stereocenters. The van der Waals surface area contributed by atoms with Crippen molar-refractivity contribution in [1.82, 2.24) is 43.8 Å². The summed E-state index contributed by atoms with van der Waals surface area (Å²) in [5.41, 5.74) is 5.28. The van der Waals surface area contributed by atoms with Gasteiger partial charge < -0.3 is 20.2 Å². The van der Waals surface area contributed by atoms with Crippen molar-refractivity contribution in [2.75, 3.05) is 18.9 Å². The van der Waals surface area contributed by atoms with Gasteiger partial charge in [-0.05, 0) is 0 Å². The number of anilines is 1. The third-order valence-electron chi connectivity index (χ3n) is 7.19. The van der Waals surface area contributed by atoms with Gasteiger partial charge in [-0.15, -0.1) is 0 Å². The number of nitrogens with one attached hydrogen (secondary N) is 2. The van der Waals surface area contributed by atoms with Crippen LogP contribution in [0, 0.1) is 0 Å². The summed E-state index contributed by atoms with van der Waals surface area (Å²) < 4.78 is 103. The molecule has 4 aromatic heterocycles. The Morgan fingerprint density at radius 2 is 1.64 bits per heavy atom. The minimum atomic E-state index is -4.76. The number of H-pyrrole nitrogens is 1. The maximum Gasteiger partial charge on any atom is 0.386 e. The molecule has 0 unspecified atom stereocenters. The molecule has 0 radical (unpaired) electrons. The third-order valence-corrected chi connectivity index (χ3v) is 9.80. The zero-order chi connectivity index (χ0) is 31.0. The standard InChI is InChI=1S/C20H21F2N10O9PS2/c21-9-13-7(38-19(9)31-5-28-11-15(23)24-3-25-16(11)31)1-30-44(35,36)41-14-8(2-37-42(34,43)40-13)39-20(10(14)22)32-6-29-12-17(32)26-4-27-18(12)33/h3-10,13-14,19-20,30H,1-2H2,(H,34,43)(H2,23,24,25)(H,26,27,33)/t7-,8-,9-,10-,13-,14-,19-,20-,42-/m1/s1. The van der Waals surface area contributed by atoms with Crippen LogP contribution in [-0.2, 0) is 37.6 Å². The van der Waals surface area contributed by atoms with Gasteiger partial charge in [0.05, 0.1) is 25.6 Å². The smallest absolute Gasteiger partial charge is 0.382 e. The van der Waals surface area contributed by atoms with Crippen LogP contribution in [0.1, 0.15) is 12.5 Å². The number of aromatic nitrogens is 8. The minimum Gasteiger partial charge on any atom is -0.382 e. The minimum absolute atomic E-state index is 0.0235. The molecule has 3 aliphatic heterocycles. The number of alkyl halides is 2. The van der Waals surface area contributed by atoms with Crippen molar-refractivity contribution in [3.8, 4) is 0 Å². The summed E-state index contributed by atoms with van der Waals surface area (Å²) in [5.74, 6) is 0.0235. The monoisotopic (exact) mass is 678 g/mol. The third kappa shape index (κ3) is 5.06. The molecule has 3 fully saturated rings. The van der Waals surface area contributed by atoms with Crippen molar-refractivity contribution >= 4 is 57.5 Å². The topological polar surface area (TPSA) is 243 Å². The average Bonchev–Trinajstić information content (AvgIpc) is 3.73. The molecular formula is C20H21F2N10O9PS2. The molecule has 236 valence electrons. The van der Waals surface area contributed by atoms with Gasteiger partial charge in [0.25, 0.3) is 5.56 Å². The van der Waals surface area contributed by atoms with Gasteiger partial charge in [0, 0.05) is 6.54 Å². The molecule has 0 amide bonds. The van der Waals surface area contributed by atoms with Crippen LogP contribution in [0.4, 0.5) is 14.6 Å². The largest absolute Gasteiger partial charge is 0.386 e. The van der Waals surface area contributed by atoms with Gasteiger partial charge in [-0.25, -0.2) is 42.4 Å². The molecule has 3 aliphatic rings. The summed E-state index contributed by atoms with van der Waals surface area (Å²) in [6.07, 6.45) is -9.35. The lowest BCUT2D eigenvalue weighted by Crippen LogP contribution is -2.44. The van der Waals surface area contributed by atoms with Gasteiger partial charge in [0.2, 0.25) is 0 Å². The molecule has 0 saturated carbocycles. The SMILES string of the molecule is Nc1ncnc2c1ncn2[C@@H]1O[C@@H]2CNS(=O)(=O)O[C@H]3[C@@H](F)[C@H](n4cnc5c(=O)[nH]cnc54)O[C@@H]3CO[P@@](=O)(S)O[C@H]2[C@H]1F. The quantitative estimate of drug-likeness (QED) is 0.157. The second-order valence-corrected chi connectivity index (χ2v) is 14.1. The van der Waals surface area contributed by atoms with E-state index < -0.39 is 85.0 Å². The fraction of sp³-hybridized carbons (Fsp3) is 0.500. The average molecular weight is 679 g/mol. The van der Waals surface area contributed by atoms with Crippen molar-refractivity contribution in [3.63, 3.8) is 0 Å². The van der Waals surface area contributed by atoms with Crippen molar-refractivity contribution < 1.29 is 44.5 Å². The number of nitrogens with zero attached hydrogens (tertiary/aromatic N) is 7. The normalized spacial score (nSPS) is 36.1. The number of thiol groups is 1. The number of rotatable bonds is 2. The number of ether oxygens (including phenoxy) is 2. The van der Waals surface area contributed by atoms with Gasteiger partial charge in [-0.2, -0.15) is 13.1 Å². The van der Waals surface area contributed by atoms with Crippen LogP contribution in [0.5, 0.6) is 0 Å². The Kier molecular flexibility index (Phi) is 7.21. The summed E-state index contributed by atoms with van der Waals surface area (Å²) in [4.78, 5) is 34.2. The summed E-state index contributed by atoms with van der Waals surface area (Å²) in [6.45, 7) is -5.87. The molecule has 24 heteroatoms. The lowest BCUT2D eigenvalue weighted by atomic mass is 10.1. The van der Waals surface area contributed by atoms with Crippen LogP contribution >= 0.6 is 19.0 Å². The van der Waals surface area contributed by atoms with Crippen LogP contribution in [-0.4, -0.2) is 97.4 Å². The summed E-state index contributed by atoms with van der Waals surface area (Å²) in [5, 5.41) is 0. The van der Waals surface area contributed by atoms with E-state index in [1.807, 2.05) is 0 Å². The number of aromatic amines is 1. The number of nitrogens with two attached hydrogens (primary N) is 1. The molecule has 0 aromatic carbocycles. The first-order valence-corrected chi connectivity index (χ1v) is 16.8. The van der Waals surface area contributed by atoms with Crippen molar-refractivity contribution in [2.45, 2.75) is 49.2 Å². The van der Waals surface area contributed by atoms with Gasteiger partial charge in [-0.1, -0.05) is 12.2 Å². The van der Waals surface area contributed by atoms with E-state index in [-0.39, 0.29) is 28.1 Å². The predicted octanol–water partition coefficient (Wildman–Crippen LogP) is -0.314. The number of fused-ring (bicyclic) bond motifs is 4. The Morgan fingerprint density at radius 3 is 2.39 bits per heavy atom. The highest BCUT2D eigenvalue weighted by Gasteiger charge is 2.53. The summed E-state index contributed by atoms with van der Waals surface area (Å²) in [6, 6.07) is 0. The van der Waals surface area contributed by atoms with Crippen molar-refractivity contribution in [1.29, 1.82) is 0 Å². The van der Waals surface area contributed by atoms with Crippen LogP contribution < -0.4 is 16.0 Å². The van der Waals surface area contributed by atoms with Gasteiger partial charge in [0.15, 0.2) is 47.4 Å². The Morgan fingerprint density at radius 1 is 0.977 bits per heavy atom. The lowest BCUT2D eigenvalue weighted by Gasteiger charge is -2.26. The molecule has 4 N–H and O–H groups in total. The maximum absolute atomic E-state index is 15.9. The molecule has 44 heavy (non-hydrogen) atoms. The van der Waals surface area contributed by atoms with E-state index in [1.54, 1.807) is 0 Å². The molecule has 3 saturated heterocycles. The Labute approximate surface area is 249 Å². The first-order chi connectivity index (χ1) is 20.9. The lowest BCUT2D eigenvalue weighted by molar-refractivity contribution is -0.0434. The van der Waals surface area contributed by atoms with E-state index >= 15 is 8.78 Å². The molecule has 0 bridgehead atoms. The van der Waals surface area contributed by atoms with E-state index in [1.165, 1.54) is 10.9 Å². The van der Waals surface area contributed by atoms with E-state index in [0.29, 0.717) is 0 Å². The number of nitrogen functional groups attached to an aromatic ring is 1. The predicted molar refractivity (Wildman–Crippen MR) is 145 cm³/mol. The summed E-state index contributed by atoms with van der Waals surface area (Å²) in [7, 11) is -4.76. The van der Waals surface area contributed by atoms with E-state index in [0.717, 1.165) is 23.5 Å². The maximum atomic E-state index is 15.9. The Hall–Kier alpha value is -3.15. The van der Waals surface area contributed by atoms with Crippen LogP contribution in [0.25, 0.3) is 22.3 Å². The van der Waals surface area contributed by atoms with Crippen molar-refractivity contribution in [3.05, 3.63) is 35.7 Å². The first kappa shape index (κ1) is 29.6. The zero-order valence-corrected chi connectivity index (χ0v) is 24.4. The molecule has 0 aliphatic carbocycles. The van der Waals surface area contributed by atoms with E-state index in [9.17, 15) is 17.8 Å². The Bertz CT molecular complexity index is 1960. The zero-order valence-electron chi connectivity index (χ0n) is 21.8. The van der Waals surface area contributed by atoms with Gasteiger partial charge in [0.1, 0.15) is 36.3 Å². The number of hydrogen-bond acceptors (Lipinski definition) is 15. The molecule has 4 aromatic rings. The molecule has 19 nitrogen and oxygen atoms in total. The van der Waals surface area contributed by atoms with E-state index in [4.69, 9.17) is 28.4 Å². The number of hydrogen-bond donors (Lipinski definition) is 4. The van der Waals surface area contributed by atoms with Crippen molar-refractivity contribution in [2.24, 2.45) is 0 Å². The molecule has 7 rings (SSSR count). The number of imidazole rings is 2. The first-order valence-electron chi connectivity index (χ1n) is 12.7. The number of halogens is 2. The fourth-order valence-electron chi connectivity index (χ4n) is 5.20. The van der Waals surface area contributed by atoms with Crippen LogP contribution in [0.3, 0.4) is 0 Å². The van der Waals surface area contributed by atoms with E-state index in [2.05, 4.69) is 46.9 Å². The second kappa shape index (κ2) is 10.7. The molecule has 7 heterocycles. The Balaban J connectivity index is 1.17. The molecule has 0 spiro atoms. The second-order valence-electron chi connectivity index (χ2n) is 9.86. The highest BCUT2D eigenvalue weighted by Crippen LogP contribution is 2.57. The summed E-state index contributed by atoms with van der Waals surface area (Å²) >= 11 is 3.95.